The molecule has 0 spiro atoms. The second kappa shape index (κ2) is 9.59. The number of thioether (sulfide) groups is 1. The van der Waals surface area contributed by atoms with Crippen molar-refractivity contribution in [3.05, 3.63) is 51.4 Å². The minimum Gasteiger partial charge on any atom is -0.383 e. The van der Waals surface area contributed by atoms with Crippen LogP contribution in [-0.2, 0) is 11.8 Å². The highest BCUT2D eigenvalue weighted by Gasteiger charge is 2.32. The Morgan fingerprint density at radius 2 is 1.85 bits per heavy atom. The largest absolute Gasteiger partial charge is 0.435 e. The van der Waals surface area contributed by atoms with Crippen molar-refractivity contribution in [3.63, 3.8) is 0 Å². The fraction of sp³-hybridized carbons (Fsp3) is 0.273. The van der Waals surface area contributed by atoms with Crippen LogP contribution in [0, 0.1) is 22.7 Å². The van der Waals surface area contributed by atoms with Crippen molar-refractivity contribution in [1.82, 2.24) is 10.3 Å². The number of carbonyl (C=O) groups excluding carboxylic acids is 1. The van der Waals surface area contributed by atoms with E-state index in [4.69, 9.17) is 10.3 Å². The number of aryl methyl sites for hydroxylation is 1. The zero-order valence-corrected chi connectivity index (χ0v) is 19.3. The number of pyridine rings is 1. The quantitative estimate of drug-likeness (QED) is 0.369. The normalized spacial score (nSPS) is 11.6. The van der Waals surface area contributed by atoms with Crippen LogP contribution in [0.15, 0.2) is 38.6 Å². The number of nitrogens with one attached hydrogen (secondary N) is 2. The van der Waals surface area contributed by atoms with E-state index in [0.29, 0.717) is 11.6 Å². The van der Waals surface area contributed by atoms with E-state index in [2.05, 4.69) is 29.4 Å². The van der Waals surface area contributed by atoms with Crippen molar-refractivity contribution in [1.29, 1.82) is 10.5 Å². The summed E-state index contributed by atoms with van der Waals surface area (Å²) in [4.78, 5) is 29.2. The van der Waals surface area contributed by atoms with Gasteiger partial charge in [-0.1, -0.05) is 42.4 Å². The lowest BCUT2D eigenvalue weighted by atomic mass is 10.0. The molecule has 10 nitrogen and oxygen atoms in total. The van der Waals surface area contributed by atoms with Crippen molar-refractivity contribution in [3.8, 4) is 23.4 Å². The molecule has 2 aromatic heterocycles. The van der Waals surface area contributed by atoms with E-state index in [9.17, 15) is 20.1 Å². The van der Waals surface area contributed by atoms with Crippen LogP contribution in [-0.4, -0.2) is 21.4 Å². The summed E-state index contributed by atoms with van der Waals surface area (Å²) in [6, 6.07) is 11.4. The molecule has 0 aliphatic carbocycles. The third-order valence-corrected chi connectivity index (χ3v) is 6.05. The van der Waals surface area contributed by atoms with E-state index in [0.717, 1.165) is 17.3 Å². The number of hydrogen-bond donors (Lipinski definition) is 3. The molecule has 1 atom stereocenters. The minimum atomic E-state index is -0.775. The summed E-state index contributed by atoms with van der Waals surface area (Å²) in [5.41, 5.74) is 6.77. The first-order valence-corrected chi connectivity index (χ1v) is 10.8. The Hall–Kier alpha value is -4.09. The molecule has 3 aromatic rings. The fourth-order valence-corrected chi connectivity index (χ4v) is 4.06. The molecule has 1 amide bonds. The van der Waals surface area contributed by atoms with Gasteiger partial charge in [0.2, 0.25) is 5.91 Å². The first kappa shape index (κ1) is 23.6. The number of nitriles is 2. The number of nitrogens with zero attached hydrogens (tertiary/aromatic N) is 4. The highest BCUT2D eigenvalue weighted by molar-refractivity contribution is 8.00. The molecule has 1 aromatic carbocycles. The molecule has 0 bridgehead atoms. The smallest absolute Gasteiger partial charge is 0.383 e. The first-order valence-electron chi connectivity index (χ1n) is 9.96. The van der Waals surface area contributed by atoms with Gasteiger partial charge in [0, 0.05) is 5.69 Å². The highest BCUT2D eigenvalue weighted by atomic mass is 32.2. The molecular formula is C22H22N7O3S+. The van der Waals surface area contributed by atoms with E-state index < -0.39 is 10.9 Å². The summed E-state index contributed by atoms with van der Waals surface area (Å²) in [7, 11) is 1.49. The zero-order chi connectivity index (χ0) is 24.3. The number of nitrogens with two attached hydrogens (primary N) is 1. The maximum atomic E-state index is 12.8. The summed E-state index contributed by atoms with van der Waals surface area (Å²) in [6.45, 7) is 5.83. The lowest BCUT2D eigenvalue weighted by molar-refractivity contribution is -0.730. The van der Waals surface area contributed by atoms with Gasteiger partial charge in [0.25, 0.3) is 0 Å². The van der Waals surface area contributed by atoms with Gasteiger partial charge in [-0.05, 0) is 35.8 Å². The Balaban J connectivity index is 1.95. The minimum absolute atomic E-state index is 0.00406. The van der Waals surface area contributed by atoms with Crippen LogP contribution in [0.25, 0.3) is 11.3 Å². The fourth-order valence-electron chi connectivity index (χ4n) is 3.15. The summed E-state index contributed by atoms with van der Waals surface area (Å²) in [5, 5.41) is 24.1. The predicted molar refractivity (Wildman–Crippen MR) is 122 cm³/mol. The van der Waals surface area contributed by atoms with Gasteiger partial charge in [0.1, 0.15) is 34.1 Å². The molecule has 0 saturated carbocycles. The second-order valence-electron chi connectivity index (χ2n) is 7.57. The second-order valence-corrected chi connectivity index (χ2v) is 8.89. The van der Waals surface area contributed by atoms with Crippen LogP contribution >= 0.6 is 11.8 Å². The number of carbonyl (C=O) groups is 1. The number of rotatable bonds is 6. The molecule has 33 heavy (non-hydrogen) atoms. The molecule has 0 aliphatic heterocycles. The van der Waals surface area contributed by atoms with Crippen molar-refractivity contribution in [2.45, 2.75) is 37.0 Å². The highest BCUT2D eigenvalue weighted by Crippen LogP contribution is 2.35. The molecule has 11 heteroatoms. The van der Waals surface area contributed by atoms with Crippen LogP contribution in [0.5, 0.6) is 0 Å². The number of anilines is 2. The maximum Gasteiger partial charge on any atom is 0.435 e. The van der Waals surface area contributed by atoms with Gasteiger partial charge in [0.05, 0.1) is 10.8 Å². The van der Waals surface area contributed by atoms with Gasteiger partial charge >= 0.3 is 11.3 Å². The summed E-state index contributed by atoms with van der Waals surface area (Å²) >= 11 is 1.000. The zero-order valence-electron chi connectivity index (χ0n) is 18.5. The van der Waals surface area contributed by atoms with Crippen LogP contribution < -0.4 is 21.4 Å². The van der Waals surface area contributed by atoms with Crippen LogP contribution in [0.3, 0.4) is 0 Å². The lowest BCUT2D eigenvalue weighted by Crippen LogP contribution is -2.34. The molecule has 2 heterocycles. The number of hydrogen-bond acceptors (Lipinski definition) is 8. The van der Waals surface area contributed by atoms with E-state index in [1.807, 2.05) is 36.4 Å². The molecule has 0 radical (unpaired) electrons. The molecular weight excluding hydrogens is 442 g/mol. The van der Waals surface area contributed by atoms with Gasteiger partial charge in [-0.2, -0.15) is 10.5 Å². The standard InChI is InChI=1S/C22H21N7O3S/c1-11(2)13-5-7-14(8-6-13)26-20(30)12(3)33-21-16(10-24)17(15(9-23)19(25)27-21)18-22(31)32-28-29(18)4/h5-8,11-12H,1-4H3,(H3-,25,26,27,28,30,31)/p+1. The van der Waals surface area contributed by atoms with Crippen molar-refractivity contribution < 1.29 is 14.0 Å². The molecule has 3 rings (SSSR count). The van der Waals surface area contributed by atoms with Crippen molar-refractivity contribution in [2.75, 3.05) is 11.1 Å². The number of aromatic nitrogens is 3. The average molecular weight is 465 g/mol. The Labute approximate surface area is 194 Å². The summed E-state index contributed by atoms with van der Waals surface area (Å²) in [5.74, 6) is -0.0920. The predicted octanol–water partition coefficient (Wildman–Crippen LogP) is 2.42. The number of aromatic amines is 1. The number of nitrogen functional groups attached to an aromatic ring is 1. The van der Waals surface area contributed by atoms with E-state index >= 15 is 0 Å². The molecule has 4 N–H and O–H groups in total. The van der Waals surface area contributed by atoms with Gasteiger partial charge < -0.3 is 11.1 Å². The van der Waals surface area contributed by atoms with Crippen LogP contribution in [0.4, 0.5) is 11.5 Å². The van der Waals surface area contributed by atoms with Crippen molar-refractivity contribution >= 4 is 29.2 Å². The molecule has 0 saturated heterocycles. The Morgan fingerprint density at radius 3 is 2.36 bits per heavy atom. The van der Waals surface area contributed by atoms with E-state index in [-0.39, 0.29) is 39.1 Å². The lowest BCUT2D eigenvalue weighted by Gasteiger charge is -2.14. The molecule has 0 fully saturated rings. The number of amides is 1. The van der Waals surface area contributed by atoms with E-state index in [1.54, 1.807) is 6.92 Å². The first-order chi connectivity index (χ1) is 15.7. The Morgan fingerprint density at radius 1 is 1.21 bits per heavy atom. The molecule has 0 aliphatic rings. The average Bonchev–Trinajstić information content (AvgIpc) is 3.11. The third-order valence-electron chi connectivity index (χ3n) is 4.96. The Kier molecular flexibility index (Phi) is 6.85. The number of H-pyrrole nitrogens is 1. The molecule has 168 valence electrons. The SMILES string of the molecule is CC(Sc1nc(N)c(C#N)c(-c2c(=O)o[nH][n+]2C)c1C#N)C(=O)Nc1ccc(C(C)C)cc1. The monoisotopic (exact) mass is 464 g/mol. The van der Waals surface area contributed by atoms with Gasteiger partial charge in [0.15, 0.2) is 7.05 Å². The number of benzene rings is 1. The van der Waals surface area contributed by atoms with Gasteiger partial charge in [-0.15, -0.1) is 0 Å². The summed E-state index contributed by atoms with van der Waals surface area (Å²) in [6.07, 6.45) is 0. The topological polar surface area (TPSA) is 165 Å². The molecule has 1 unspecified atom stereocenters. The van der Waals surface area contributed by atoms with Gasteiger partial charge in [-0.25, -0.2) is 9.78 Å². The summed E-state index contributed by atoms with van der Waals surface area (Å²) < 4.78 is 6.01. The Bertz CT molecular complexity index is 1340. The van der Waals surface area contributed by atoms with Crippen LogP contribution in [0.1, 0.15) is 43.4 Å². The van der Waals surface area contributed by atoms with Gasteiger partial charge in [-0.3, -0.25) is 9.32 Å². The van der Waals surface area contributed by atoms with Crippen molar-refractivity contribution in [2.24, 2.45) is 7.05 Å². The maximum absolute atomic E-state index is 12.8. The third kappa shape index (κ3) is 4.73. The van der Waals surface area contributed by atoms with Crippen LogP contribution in [0.2, 0.25) is 0 Å². The van der Waals surface area contributed by atoms with E-state index in [1.165, 1.54) is 11.7 Å².